The van der Waals surface area contributed by atoms with Crippen LogP contribution in [0.3, 0.4) is 0 Å². The summed E-state index contributed by atoms with van der Waals surface area (Å²) in [7, 11) is 0. The average molecular weight is 417 g/mol. The van der Waals surface area contributed by atoms with E-state index in [9.17, 15) is 20.0 Å². The predicted octanol–water partition coefficient (Wildman–Crippen LogP) is 3.87. The van der Waals surface area contributed by atoms with Crippen LogP contribution in [0.5, 0.6) is 0 Å². The second-order valence-electron chi connectivity index (χ2n) is 6.78. The molecular formula is C19H23N5O4S. The number of benzene rings is 1. The van der Waals surface area contributed by atoms with Crippen LogP contribution in [0.2, 0.25) is 0 Å². The van der Waals surface area contributed by atoms with Crippen LogP contribution in [0.15, 0.2) is 28.3 Å². The monoisotopic (exact) mass is 417 g/mol. The molecule has 1 aromatic heterocycles. The number of anilines is 1. The van der Waals surface area contributed by atoms with Crippen molar-refractivity contribution in [1.82, 2.24) is 15.2 Å². The fraction of sp³-hybridized carbons (Fsp3) is 0.421. The first kappa shape index (κ1) is 20.8. The molecule has 1 aliphatic heterocycles. The zero-order valence-corrected chi connectivity index (χ0v) is 16.9. The first-order valence-corrected chi connectivity index (χ1v) is 10.4. The number of carboxylic acids is 1. The standard InChI is InChI=1S/C19H23N5O4S/c1-2-6-17-20-19(22-21-17)29-16(18(25)26)12-13-7-8-14(15(11-13)24(27)28)23-9-4-3-5-10-23/h7-8,11-12H,2-6,9-10H2,1H3,(H,25,26)(H,20,21,22)/b16-12+. The summed E-state index contributed by atoms with van der Waals surface area (Å²) in [6.45, 7) is 3.59. The normalized spacial score (nSPS) is 14.8. The third kappa shape index (κ3) is 5.35. The van der Waals surface area contributed by atoms with Crippen molar-refractivity contribution in [3.63, 3.8) is 0 Å². The maximum absolute atomic E-state index is 11.7. The molecule has 0 atom stereocenters. The van der Waals surface area contributed by atoms with Crippen LogP contribution in [0, 0.1) is 10.1 Å². The molecule has 2 heterocycles. The number of nitrogens with zero attached hydrogens (tertiary/aromatic N) is 4. The minimum absolute atomic E-state index is 0.00734. The number of piperidine rings is 1. The number of nitrogens with one attached hydrogen (secondary N) is 1. The van der Waals surface area contributed by atoms with E-state index in [0.717, 1.165) is 57.0 Å². The second-order valence-corrected chi connectivity index (χ2v) is 7.79. The van der Waals surface area contributed by atoms with Crippen LogP contribution in [-0.2, 0) is 11.2 Å². The lowest BCUT2D eigenvalue weighted by Gasteiger charge is -2.28. The van der Waals surface area contributed by atoms with Crippen molar-refractivity contribution in [3.05, 3.63) is 44.6 Å². The van der Waals surface area contributed by atoms with Crippen LogP contribution >= 0.6 is 11.8 Å². The van der Waals surface area contributed by atoms with Gasteiger partial charge in [0.1, 0.15) is 16.4 Å². The molecule has 0 aliphatic carbocycles. The van der Waals surface area contributed by atoms with Gasteiger partial charge in [0.2, 0.25) is 5.16 Å². The molecule has 154 valence electrons. The lowest BCUT2D eigenvalue weighted by Crippen LogP contribution is -2.29. The summed E-state index contributed by atoms with van der Waals surface area (Å²) in [5.74, 6) is -0.444. The number of aryl methyl sites for hydroxylation is 1. The number of aliphatic carboxylic acids is 1. The molecule has 0 bridgehead atoms. The number of thioether (sulfide) groups is 1. The molecule has 10 heteroatoms. The van der Waals surface area contributed by atoms with Gasteiger partial charge in [0.25, 0.3) is 5.69 Å². The fourth-order valence-electron chi connectivity index (χ4n) is 3.24. The van der Waals surface area contributed by atoms with Gasteiger partial charge in [-0.1, -0.05) is 13.0 Å². The molecule has 2 aromatic rings. The first-order valence-electron chi connectivity index (χ1n) is 9.55. The smallest absolute Gasteiger partial charge is 0.342 e. The van der Waals surface area contributed by atoms with E-state index in [1.165, 1.54) is 12.1 Å². The Morgan fingerprint density at radius 2 is 2.14 bits per heavy atom. The van der Waals surface area contributed by atoms with E-state index < -0.39 is 10.9 Å². The van der Waals surface area contributed by atoms with Gasteiger partial charge in [-0.2, -0.15) is 0 Å². The van der Waals surface area contributed by atoms with Crippen molar-refractivity contribution in [2.75, 3.05) is 18.0 Å². The molecule has 2 N–H and O–H groups in total. The summed E-state index contributed by atoms with van der Waals surface area (Å²) in [5, 5.41) is 28.3. The van der Waals surface area contributed by atoms with E-state index in [1.54, 1.807) is 12.1 Å². The number of nitro benzene ring substituents is 1. The van der Waals surface area contributed by atoms with Crippen LogP contribution < -0.4 is 4.90 Å². The van der Waals surface area contributed by atoms with Gasteiger partial charge in [0.15, 0.2) is 0 Å². The van der Waals surface area contributed by atoms with Gasteiger partial charge in [-0.25, -0.2) is 9.78 Å². The SMILES string of the molecule is CCCc1nc(S/C(=C/c2ccc(N3CCCCC3)c([N+](=O)[O-])c2)C(=O)O)n[nH]1. The number of aromatic nitrogens is 3. The first-order chi connectivity index (χ1) is 14.0. The Hall–Kier alpha value is -2.88. The van der Waals surface area contributed by atoms with Gasteiger partial charge in [0.05, 0.1) is 4.92 Å². The largest absolute Gasteiger partial charge is 0.477 e. The van der Waals surface area contributed by atoms with Crippen LogP contribution in [0.1, 0.15) is 44.0 Å². The fourth-order valence-corrected chi connectivity index (χ4v) is 3.96. The van der Waals surface area contributed by atoms with Crippen LogP contribution in [0.25, 0.3) is 6.08 Å². The molecule has 1 aliphatic rings. The molecule has 0 amide bonds. The van der Waals surface area contributed by atoms with E-state index in [4.69, 9.17) is 0 Å². The minimum Gasteiger partial charge on any atom is -0.477 e. The average Bonchev–Trinajstić information content (AvgIpc) is 3.15. The number of hydrogen-bond donors (Lipinski definition) is 2. The molecule has 3 rings (SSSR count). The van der Waals surface area contributed by atoms with Gasteiger partial charge in [-0.3, -0.25) is 15.2 Å². The third-order valence-corrected chi connectivity index (χ3v) is 5.48. The number of rotatable bonds is 8. The van der Waals surface area contributed by atoms with Crippen molar-refractivity contribution in [3.8, 4) is 0 Å². The molecule has 0 radical (unpaired) electrons. The van der Waals surface area contributed by atoms with Crippen molar-refractivity contribution in [1.29, 1.82) is 0 Å². The Balaban J connectivity index is 1.87. The molecule has 29 heavy (non-hydrogen) atoms. The van der Waals surface area contributed by atoms with E-state index in [0.29, 0.717) is 22.2 Å². The number of hydrogen-bond acceptors (Lipinski definition) is 7. The number of carbonyl (C=O) groups is 1. The zero-order chi connectivity index (χ0) is 20.8. The van der Waals surface area contributed by atoms with Crippen molar-refractivity contribution < 1.29 is 14.8 Å². The third-order valence-electron chi connectivity index (χ3n) is 4.60. The van der Waals surface area contributed by atoms with E-state index in [2.05, 4.69) is 15.2 Å². The molecule has 1 fully saturated rings. The van der Waals surface area contributed by atoms with Gasteiger partial charge < -0.3 is 10.0 Å². The summed E-state index contributed by atoms with van der Waals surface area (Å²) >= 11 is 0.913. The molecule has 1 aromatic carbocycles. The van der Waals surface area contributed by atoms with Crippen LogP contribution in [0.4, 0.5) is 11.4 Å². The topological polar surface area (TPSA) is 125 Å². The number of H-pyrrole nitrogens is 1. The summed E-state index contributed by atoms with van der Waals surface area (Å²) in [5.41, 5.74) is 1.01. The van der Waals surface area contributed by atoms with E-state index in [-0.39, 0.29) is 10.6 Å². The van der Waals surface area contributed by atoms with E-state index in [1.807, 2.05) is 11.8 Å². The highest BCUT2D eigenvalue weighted by Crippen LogP contribution is 2.33. The Bertz CT molecular complexity index is 921. The lowest BCUT2D eigenvalue weighted by molar-refractivity contribution is -0.384. The van der Waals surface area contributed by atoms with Gasteiger partial charge in [0, 0.05) is 25.6 Å². The van der Waals surface area contributed by atoms with Gasteiger partial charge in [-0.05, 0) is 55.2 Å². The van der Waals surface area contributed by atoms with Gasteiger partial charge >= 0.3 is 5.97 Å². The van der Waals surface area contributed by atoms with Crippen molar-refractivity contribution in [2.24, 2.45) is 0 Å². The highest BCUT2D eigenvalue weighted by molar-refractivity contribution is 8.04. The highest BCUT2D eigenvalue weighted by Gasteiger charge is 2.22. The lowest BCUT2D eigenvalue weighted by atomic mass is 10.1. The number of aromatic amines is 1. The van der Waals surface area contributed by atoms with Crippen LogP contribution in [-0.4, -0.2) is 44.3 Å². The van der Waals surface area contributed by atoms with Crippen molar-refractivity contribution >= 4 is 35.2 Å². The maximum atomic E-state index is 11.7. The summed E-state index contributed by atoms with van der Waals surface area (Å²) in [6, 6.07) is 4.83. The Morgan fingerprint density at radius 1 is 1.38 bits per heavy atom. The maximum Gasteiger partial charge on any atom is 0.342 e. The molecule has 1 saturated heterocycles. The molecule has 0 spiro atoms. The van der Waals surface area contributed by atoms with Gasteiger partial charge in [-0.15, -0.1) is 5.10 Å². The highest BCUT2D eigenvalue weighted by atomic mass is 32.2. The Morgan fingerprint density at radius 3 is 2.79 bits per heavy atom. The quantitative estimate of drug-likeness (QED) is 0.287. The molecule has 0 unspecified atom stereocenters. The number of nitro groups is 1. The van der Waals surface area contributed by atoms with Crippen molar-refractivity contribution in [2.45, 2.75) is 44.2 Å². The predicted molar refractivity (Wildman–Crippen MR) is 111 cm³/mol. The molecule has 9 nitrogen and oxygen atoms in total. The summed E-state index contributed by atoms with van der Waals surface area (Å²) in [4.78, 5) is 29.1. The summed E-state index contributed by atoms with van der Waals surface area (Å²) < 4.78 is 0. The zero-order valence-electron chi connectivity index (χ0n) is 16.1. The second kappa shape index (κ2) is 9.55. The Labute approximate surface area is 172 Å². The minimum atomic E-state index is -1.14. The molecule has 0 saturated carbocycles. The number of carboxylic acid groups (broad SMARTS) is 1. The van der Waals surface area contributed by atoms with E-state index >= 15 is 0 Å². The molecular weight excluding hydrogens is 394 g/mol. The Kier molecular flexibility index (Phi) is 6.86. The summed E-state index contributed by atoms with van der Waals surface area (Å²) in [6.07, 6.45) is 6.18.